The molecule has 1 amide bonds. The zero-order valence-corrected chi connectivity index (χ0v) is 10.3. The van der Waals surface area contributed by atoms with Gasteiger partial charge in [-0.2, -0.15) is 0 Å². The molecule has 0 aliphatic carbocycles. The summed E-state index contributed by atoms with van der Waals surface area (Å²) in [5.41, 5.74) is 1.10. The molecule has 0 saturated heterocycles. The van der Waals surface area contributed by atoms with Gasteiger partial charge in [-0.15, -0.1) is 11.6 Å². The fourth-order valence-electron chi connectivity index (χ4n) is 1.26. The number of methoxy groups -OCH3 is 1. The first-order chi connectivity index (χ1) is 8.17. The van der Waals surface area contributed by atoms with Crippen LogP contribution in [0.3, 0.4) is 0 Å². The lowest BCUT2D eigenvalue weighted by Gasteiger charge is -2.05. The van der Waals surface area contributed by atoms with E-state index < -0.39 is 5.97 Å². The van der Waals surface area contributed by atoms with Crippen LogP contribution >= 0.6 is 11.6 Å². The molecule has 1 N–H and O–H groups in total. The summed E-state index contributed by atoms with van der Waals surface area (Å²) in [7, 11) is 1.32. The Labute approximate surface area is 105 Å². The number of alkyl halides is 1. The first-order valence-electron chi connectivity index (χ1n) is 5.21. The normalized spacial score (nSPS) is 9.76. The lowest BCUT2D eigenvalue weighted by molar-refractivity contribution is -0.116. The number of amides is 1. The second-order valence-electron chi connectivity index (χ2n) is 3.41. The van der Waals surface area contributed by atoms with Gasteiger partial charge in [0, 0.05) is 18.0 Å². The number of nitrogens with one attached hydrogen (secondary N) is 1. The molecule has 0 aliphatic rings. The number of halogens is 1. The Balaban J connectivity index is 2.56. The Morgan fingerprint density at radius 2 is 1.94 bits per heavy atom. The molecule has 1 rings (SSSR count). The molecule has 0 aromatic heterocycles. The van der Waals surface area contributed by atoms with Gasteiger partial charge in [-0.05, 0) is 30.7 Å². The molecule has 0 fully saturated rings. The monoisotopic (exact) mass is 255 g/mol. The van der Waals surface area contributed by atoms with E-state index in [1.165, 1.54) is 7.11 Å². The highest BCUT2D eigenvalue weighted by molar-refractivity contribution is 6.18. The van der Waals surface area contributed by atoms with Crippen LogP contribution in [0, 0.1) is 0 Å². The maximum atomic E-state index is 11.4. The molecule has 1 aromatic carbocycles. The second kappa shape index (κ2) is 6.91. The Morgan fingerprint density at radius 3 is 2.47 bits per heavy atom. The Kier molecular flexibility index (Phi) is 5.49. The van der Waals surface area contributed by atoms with E-state index >= 15 is 0 Å². The van der Waals surface area contributed by atoms with Gasteiger partial charge < -0.3 is 10.1 Å². The van der Waals surface area contributed by atoms with Crippen molar-refractivity contribution in [1.29, 1.82) is 0 Å². The van der Waals surface area contributed by atoms with E-state index in [2.05, 4.69) is 10.1 Å². The third-order valence-corrected chi connectivity index (χ3v) is 2.39. The fourth-order valence-corrected chi connectivity index (χ4v) is 1.39. The van der Waals surface area contributed by atoms with Crippen LogP contribution in [0.1, 0.15) is 23.2 Å². The summed E-state index contributed by atoms with van der Waals surface area (Å²) in [6.45, 7) is 0. The van der Waals surface area contributed by atoms with Crippen LogP contribution in [-0.2, 0) is 9.53 Å². The molecule has 0 atom stereocenters. The van der Waals surface area contributed by atoms with E-state index in [1.807, 2.05) is 0 Å². The summed E-state index contributed by atoms with van der Waals surface area (Å²) in [5.74, 6) is -0.0178. The van der Waals surface area contributed by atoms with Crippen molar-refractivity contribution in [3.8, 4) is 0 Å². The molecule has 4 nitrogen and oxygen atoms in total. The number of anilines is 1. The maximum absolute atomic E-state index is 11.4. The first-order valence-corrected chi connectivity index (χ1v) is 5.75. The minimum Gasteiger partial charge on any atom is -0.465 e. The molecule has 0 unspecified atom stereocenters. The largest absolute Gasteiger partial charge is 0.465 e. The van der Waals surface area contributed by atoms with Gasteiger partial charge in [0.15, 0.2) is 0 Å². The van der Waals surface area contributed by atoms with Gasteiger partial charge in [-0.3, -0.25) is 4.79 Å². The quantitative estimate of drug-likeness (QED) is 0.649. The van der Waals surface area contributed by atoms with Gasteiger partial charge in [-0.1, -0.05) is 0 Å². The molecule has 92 valence electrons. The van der Waals surface area contributed by atoms with Gasteiger partial charge in [0.25, 0.3) is 0 Å². The second-order valence-corrected chi connectivity index (χ2v) is 3.79. The van der Waals surface area contributed by atoms with Gasteiger partial charge in [0.05, 0.1) is 12.7 Å². The van der Waals surface area contributed by atoms with Crippen molar-refractivity contribution in [3.05, 3.63) is 29.8 Å². The summed E-state index contributed by atoms with van der Waals surface area (Å²) < 4.78 is 4.57. The number of ether oxygens (including phenoxy) is 1. The standard InChI is InChI=1S/C12H14ClNO3/c1-17-12(16)9-4-6-10(7-5-9)14-11(15)3-2-8-13/h4-7H,2-3,8H2,1H3,(H,14,15). The van der Waals surface area contributed by atoms with Crippen LogP contribution in [0.5, 0.6) is 0 Å². The topological polar surface area (TPSA) is 55.4 Å². The zero-order chi connectivity index (χ0) is 12.7. The highest BCUT2D eigenvalue weighted by Crippen LogP contribution is 2.11. The molecule has 0 radical (unpaired) electrons. The van der Waals surface area contributed by atoms with Gasteiger partial charge >= 0.3 is 5.97 Å². The van der Waals surface area contributed by atoms with Crippen LogP contribution in [0.25, 0.3) is 0 Å². The minimum atomic E-state index is -0.398. The van der Waals surface area contributed by atoms with Gasteiger partial charge in [0.2, 0.25) is 5.91 Å². The van der Waals surface area contributed by atoms with E-state index in [-0.39, 0.29) is 5.91 Å². The van der Waals surface area contributed by atoms with Crippen molar-refractivity contribution in [1.82, 2.24) is 0 Å². The van der Waals surface area contributed by atoms with Crippen molar-refractivity contribution in [2.24, 2.45) is 0 Å². The lowest BCUT2D eigenvalue weighted by atomic mass is 10.2. The molecule has 0 bridgehead atoms. The summed E-state index contributed by atoms with van der Waals surface area (Å²) in [6.07, 6.45) is 1.04. The van der Waals surface area contributed by atoms with Crippen LogP contribution < -0.4 is 5.32 Å². The Morgan fingerprint density at radius 1 is 1.29 bits per heavy atom. The molecule has 5 heteroatoms. The Bertz CT molecular complexity index is 389. The molecule has 0 saturated carbocycles. The molecule has 0 heterocycles. The number of hydrogen-bond donors (Lipinski definition) is 1. The SMILES string of the molecule is COC(=O)c1ccc(NC(=O)CCCCl)cc1. The number of benzene rings is 1. The summed E-state index contributed by atoms with van der Waals surface area (Å²) in [4.78, 5) is 22.5. The van der Waals surface area contributed by atoms with Gasteiger partial charge in [-0.25, -0.2) is 4.79 Å². The van der Waals surface area contributed by atoms with E-state index in [9.17, 15) is 9.59 Å². The van der Waals surface area contributed by atoms with Crippen LogP contribution in [0.2, 0.25) is 0 Å². The molecular weight excluding hydrogens is 242 g/mol. The molecule has 0 aliphatic heterocycles. The van der Waals surface area contributed by atoms with Crippen molar-refractivity contribution >= 4 is 29.2 Å². The number of esters is 1. The van der Waals surface area contributed by atoms with E-state index in [0.717, 1.165) is 0 Å². The first kappa shape index (κ1) is 13.5. The number of hydrogen-bond acceptors (Lipinski definition) is 3. The summed E-state index contributed by atoms with van der Waals surface area (Å²) in [5, 5.41) is 2.71. The minimum absolute atomic E-state index is 0.0866. The van der Waals surface area contributed by atoms with Crippen LogP contribution in [0.15, 0.2) is 24.3 Å². The predicted octanol–water partition coefficient (Wildman–Crippen LogP) is 2.43. The van der Waals surface area contributed by atoms with Crippen LogP contribution in [-0.4, -0.2) is 24.9 Å². The van der Waals surface area contributed by atoms with Crippen molar-refractivity contribution in [2.75, 3.05) is 18.3 Å². The van der Waals surface area contributed by atoms with Gasteiger partial charge in [0.1, 0.15) is 0 Å². The molecule has 1 aromatic rings. The number of carbonyl (C=O) groups excluding carboxylic acids is 2. The smallest absolute Gasteiger partial charge is 0.337 e. The average Bonchev–Trinajstić information content (AvgIpc) is 2.36. The maximum Gasteiger partial charge on any atom is 0.337 e. The fraction of sp³-hybridized carbons (Fsp3) is 0.333. The molecule has 17 heavy (non-hydrogen) atoms. The van der Waals surface area contributed by atoms with E-state index in [4.69, 9.17) is 11.6 Å². The lowest BCUT2D eigenvalue weighted by Crippen LogP contribution is -2.11. The number of rotatable bonds is 5. The van der Waals surface area contributed by atoms with E-state index in [1.54, 1.807) is 24.3 Å². The average molecular weight is 256 g/mol. The zero-order valence-electron chi connectivity index (χ0n) is 9.53. The third-order valence-electron chi connectivity index (χ3n) is 2.13. The van der Waals surface area contributed by atoms with Crippen molar-refractivity contribution < 1.29 is 14.3 Å². The predicted molar refractivity (Wildman–Crippen MR) is 66.4 cm³/mol. The van der Waals surface area contributed by atoms with Crippen LogP contribution in [0.4, 0.5) is 5.69 Å². The third kappa shape index (κ3) is 4.44. The van der Waals surface area contributed by atoms with Crippen molar-refractivity contribution in [3.63, 3.8) is 0 Å². The highest BCUT2D eigenvalue weighted by Gasteiger charge is 2.05. The summed E-state index contributed by atoms with van der Waals surface area (Å²) in [6, 6.07) is 6.52. The highest BCUT2D eigenvalue weighted by atomic mass is 35.5. The summed E-state index contributed by atoms with van der Waals surface area (Å²) >= 11 is 5.49. The van der Waals surface area contributed by atoms with Crippen molar-refractivity contribution in [2.45, 2.75) is 12.8 Å². The van der Waals surface area contributed by atoms with E-state index in [0.29, 0.717) is 30.0 Å². The molecular formula is C12H14ClNO3. The molecule has 0 spiro atoms. The Hall–Kier alpha value is -1.55. The number of carbonyl (C=O) groups is 2.